The van der Waals surface area contributed by atoms with Crippen molar-refractivity contribution in [3.8, 4) is 0 Å². The Balaban J connectivity index is 1.87. The summed E-state index contributed by atoms with van der Waals surface area (Å²) in [6.07, 6.45) is 4.33. The second-order valence-corrected chi connectivity index (χ2v) is 4.93. The molecule has 1 aromatic heterocycles. The van der Waals surface area contributed by atoms with Crippen LogP contribution in [0.4, 0.5) is 0 Å². The topological polar surface area (TPSA) is 39.2 Å². The summed E-state index contributed by atoms with van der Waals surface area (Å²) in [4.78, 5) is 15.3. The van der Waals surface area contributed by atoms with Crippen molar-refractivity contribution in [2.45, 2.75) is 30.9 Å². The third-order valence-corrected chi connectivity index (χ3v) is 3.66. The highest BCUT2D eigenvalue weighted by Crippen LogP contribution is 2.22. The Labute approximate surface area is 99.6 Å². The van der Waals surface area contributed by atoms with Gasteiger partial charge < -0.3 is 4.74 Å². The first kappa shape index (κ1) is 11.6. The van der Waals surface area contributed by atoms with Gasteiger partial charge in [0.2, 0.25) is 0 Å². The molecule has 1 atom stereocenters. The second-order valence-electron chi connectivity index (χ2n) is 3.89. The number of ether oxygens (including phenoxy) is 1. The molecule has 1 aliphatic heterocycles. The van der Waals surface area contributed by atoms with E-state index in [-0.39, 0.29) is 5.78 Å². The number of pyridine rings is 1. The van der Waals surface area contributed by atoms with Crippen LogP contribution < -0.4 is 0 Å². The quantitative estimate of drug-likeness (QED) is 0.596. The Kier molecular flexibility index (Phi) is 3.96. The summed E-state index contributed by atoms with van der Waals surface area (Å²) in [5.74, 6) is 1.01. The van der Waals surface area contributed by atoms with Crippen molar-refractivity contribution >= 4 is 17.5 Å². The molecule has 0 aliphatic carbocycles. The molecule has 0 bridgehead atoms. The first-order valence-electron chi connectivity index (χ1n) is 5.47. The highest BCUT2D eigenvalue weighted by atomic mass is 32.2. The monoisotopic (exact) mass is 237 g/mol. The van der Waals surface area contributed by atoms with Crippen molar-refractivity contribution in [3.63, 3.8) is 0 Å². The van der Waals surface area contributed by atoms with Gasteiger partial charge in [-0.3, -0.25) is 4.79 Å². The normalized spacial score (nSPS) is 19.9. The van der Waals surface area contributed by atoms with Crippen LogP contribution in [-0.2, 0) is 4.74 Å². The van der Waals surface area contributed by atoms with Crippen molar-refractivity contribution in [2.75, 3.05) is 12.4 Å². The molecule has 0 aromatic carbocycles. The molecule has 4 heteroatoms. The molecule has 1 aliphatic rings. The predicted molar refractivity (Wildman–Crippen MR) is 63.9 cm³/mol. The van der Waals surface area contributed by atoms with E-state index in [1.54, 1.807) is 24.9 Å². The smallest absolute Gasteiger partial charge is 0.161 e. The minimum absolute atomic E-state index is 0.0585. The van der Waals surface area contributed by atoms with Crippen molar-refractivity contribution in [1.82, 2.24) is 4.98 Å². The van der Waals surface area contributed by atoms with E-state index in [1.165, 1.54) is 6.42 Å². The predicted octanol–water partition coefficient (Wildman–Crippen LogP) is 2.56. The van der Waals surface area contributed by atoms with Gasteiger partial charge in [-0.2, -0.15) is 0 Å². The molecule has 0 N–H and O–H groups in total. The molecular formula is C12H15NO2S. The van der Waals surface area contributed by atoms with Gasteiger partial charge in [0.25, 0.3) is 0 Å². The van der Waals surface area contributed by atoms with Crippen LogP contribution in [0.15, 0.2) is 23.4 Å². The van der Waals surface area contributed by atoms with Crippen molar-refractivity contribution in [3.05, 3.63) is 23.9 Å². The van der Waals surface area contributed by atoms with E-state index in [9.17, 15) is 4.79 Å². The summed E-state index contributed by atoms with van der Waals surface area (Å²) in [7, 11) is 0. The van der Waals surface area contributed by atoms with Crippen LogP contribution in [0.25, 0.3) is 0 Å². The average molecular weight is 237 g/mol. The maximum absolute atomic E-state index is 11.1. The molecule has 1 saturated heterocycles. The lowest BCUT2D eigenvalue weighted by Gasteiger charge is -2.07. The number of carbonyl (C=O) groups is 1. The summed E-state index contributed by atoms with van der Waals surface area (Å²) in [6.45, 7) is 2.44. The van der Waals surface area contributed by atoms with Crippen LogP contribution in [0, 0.1) is 0 Å². The molecule has 0 amide bonds. The lowest BCUT2D eigenvalue weighted by Crippen LogP contribution is -2.07. The molecule has 1 aromatic rings. The van der Waals surface area contributed by atoms with Gasteiger partial charge in [-0.25, -0.2) is 4.98 Å². The molecule has 0 saturated carbocycles. The number of ketones is 1. The highest BCUT2D eigenvalue weighted by Gasteiger charge is 2.15. The van der Waals surface area contributed by atoms with Crippen LogP contribution in [0.5, 0.6) is 0 Å². The zero-order chi connectivity index (χ0) is 11.4. The Bertz CT molecular complexity index is 358. The largest absolute Gasteiger partial charge is 0.377 e. The summed E-state index contributed by atoms with van der Waals surface area (Å²) < 4.78 is 5.53. The van der Waals surface area contributed by atoms with E-state index in [0.29, 0.717) is 11.7 Å². The molecule has 86 valence electrons. The average Bonchev–Trinajstić information content (AvgIpc) is 2.80. The maximum Gasteiger partial charge on any atom is 0.161 e. The molecule has 0 spiro atoms. The van der Waals surface area contributed by atoms with Crippen molar-refractivity contribution in [1.29, 1.82) is 0 Å². The van der Waals surface area contributed by atoms with Crippen LogP contribution in [-0.4, -0.2) is 29.2 Å². The van der Waals surface area contributed by atoms with Crippen LogP contribution in [0.3, 0.4) is 0 Å². The fourth-order valence-electron chi connectivity index (χ4n) is 1.63. The van der Waals surface area contributed by atoms with Gasteiger partial charge in [0.1, 0.15) is 0 Å². The number of carbonyl (C=O) groups excluding carboxylic acids is 1. The number of nitrogens with zero attached hydrogens (tertiary/aromatic N) is 1. The zero-order valence-electron chi connectivity index (χ0n) is 9.31. The van der Waals surface area contributed by atoms with E-state index in [1.807, 2.05) is 12.1 Å². The van der Waals surface area contributed by atoms with Crippen molar-refractivity contribution < 1.29 is 9.53 Å². The molecule has 2 rings (SSSR count). The summed E-state index contributed by atoms with van der Waals surface area (Å²) in [6, 6.07) is 3.73. The number of hydrogen-bond donors (Lipinski definition) is 0. The fraction of sp³-hybridized carbons (Fsp3) is 0.500. The Morgan fingerprint density at radius 3 is 3.06 bits per heavy atom. The Morgan fingerprint density at radius 1 is 1.62 bits per heavy atom. The maximum atomic E-state index is 11.1. The van der Waals surface area contributed by atoms with Gasteiger partial charge in [-0.05, 0) is 31.9 Å². The van der Waals surface area contributed by atoms with Crippen LogP contribution >= 0.6 is 11.8 Å². The van der Waals surface area contributed by atoms with Crippen LogP contribution in [0.2, 0.25) is 0 Å². The van der Waals surface area contributed by atoms with E-state index < -0.39 is 0 Å². The third kappa shape index (κ3) is 3.06. The number of Topliss-reactive ketones (excluding diaryl/α,β-unsaturated/α-hetero) is 1. The summed E-state index contributed by atoms with van der Waals surface area (Å²) >= 11 is 1.69. The van der Waals surface area contributed by atoms with Gasteiger partial charge in [-0.15, -0.1) is 11.8 Å². The van der Waals surface area contributed by atoms with Gasteiger partial charge in [0, 0.05) is 24.1 Å². The molecule has 3 nitrogen and oxygen atoms in total. The molecule has 1 fully saturated rings. The summed E-state index contributed by atoms with van der Waals surface area (Å²) in [5.41, 5.74) is 0.668. The van der Waals surface area contributed by atoms with Gasteiger partial charge >= 0.3 is 0 Å². The van der Waals surface area contributed by atoms with E-state index >= 15 is 0 Å². The van der Waals surface area contributed by atoms with Gasteiger partial charge in [-0.1, -0.05) is 0 Å². The van der Waals surface area contributed by atoms with Gasteiger partial charge in [0.05, 0.1) is 11.1 Å². The standard InChI is InChI=1S/C12H15NO2S/c1-9(14)10-4-5-12(13-7-10)16-8-11-3-2-6-15-11/h4-5,7,11H,2-3,6,8H2,1H3. The number of aromatic nitrogens is 1. The van der Waals surface area contributed by atoms with Crippen LogP contribution in [0.1, 0.15) is 30.1 Å². The lowest BCUT2D eigenvalue weighted by atomic mass is 10.2. The number of thioether (sulfide) groups is 1. The van der Waals surface area contributed by atoms with E-state index in [4.69, 9.17) is 4.74 Å². The lowest BCUT2D eigenvalue weighted by molar-refractivity contribution is 0.101. The molecule has 0 radical (unpaired) electrons. The second kappa shape index (κ2) is 5.46. The third-order valence-electron chi connectivity index (χ3n) is 2.58. The molecule has 16 heavy (non-hydrogen) atoms. The highest BCUT2D eigenvalue weighted by molar-refractivity contribution is 7.99. The minimum Gasteiger partial charge on any atom is -0.377 e. The van der Waals surface area contributed by atoms with Crippen molar-refractivity contribution in [2.24, 2.45) is 0 Å². The molecular weight excluding hydrogens is 222 g/mol. The molecule has 1 unspecified atom stereocenters. The molecule has 2 heterocycles. The first-order valence-corrected chi connectivity index (χ1v) is 6.45. The Hall–Kier alpha value is -0.870. The van der Waals surface area contributed by atoms with E-state index in [0.717, 1.165) is 23.8 Å². The van der Waals surface area contributed by atoms with E-state index in [2.05, 4.69) is 4.98 Å². The fourth-order valence-corrected chi connectivity index (χ4v) is 2.54. The van der Waals surface area contributed by atoms with Gasteiger partial charge in [0.15, 0.2) is 5.78 Å². The number of rotatable bonds is 4. The summed E-state index contributed by atoms with van der Waals surface area (Å²) in [5, 5.41) is 0.959. The zero-order valence-corrected chi connectivity index (χ0v) is 10.1. The Morgan fingerprint density at radius 2 is 2.50 bits per heavy atom. The first-order chi connectivity index (χ1) is 7.75. The number of hydrogen-bond acceptors (Lipinski definition) is 4. The minimum atomic E-state index is 0.0585. The SMILES string of the molecule is CC(=O)c1ccc(SCC2CCCO2)nc1.